The van der Waals surface area contributed by atoms with E-state index in [1.807, 2.05) is 19.9 Å². The number of sulfonamides is 1. The van der Waals surface area contributed by atoms with Crippen LogP contribution in [0.2, 0.25) is 0 Å². The van der Waals surface area contributed by atoms with Gasteiger partial charge in [-0.15, -0.1) is 10.2 Å². The fourth-order valence-corrected chi connectivity index (χ4v) is 6.71. The Hall–Kier alpha value is -1.95. The molecule has 1 aliphatic heterocycles. The van der Waals surface area contributed by atoms with Crippen LogP contribution in [0.3, 0.4) is 0 Å². The molecule has 2 aromatic rings. The fraction of sp³-hybridized carbons (Fsp3) is 0.591. The van der Waals surface area contributed by atoms with E-state index in [1.54, 1.807) is 18.2 Å². The van der Waals surface area contributed by atoms with Gasteiger partial charge >= 0.3 is 0 Å². The normalized spacial score (nSPS) is 19.0. The van der Waals surface area contributed by atoms with Crippen LogP contribution in [-0.2, 0) is 19.6 Å². The summed E-state index contributed by atoms with van der Waals surface area (Å²) in [5.74, 6) is 0.607. The Morgan fingerprint density at radius 1 is 1.24 bits per heavy atom. The van der Waals surface area contributed by atoms with Gasteiger partial charge in [0.1, 0.15) is 0 Å². The summed E-state index contributed by atoms with van der Waals surface area (Å²) in [6.45, 7) is 5.84. The summed E-state index contributed by atoms with van der Waals surface area (Å²) in [4.78, 5) is 12.5. The summed E-state index contributed by atoms with van der Waals surface area (Å²) in [6.07, 6.45) is 4.28. The molecule has 11 heteroatoms. The molecule has 1 unspecified atom stereocenters. The van der Waals surface area contributed by atoms with Crippen molar-refractivity contribution in [3.63, 3.8) is 0 Å². The van der Waals surface area contributed by atoms with E-state index < -0.39 is 10.0 Å². The van der Waals surface area contributed by atoms with E-state index in [9.17, 15) is 13.2 Å². The monoisotopic (exact) mass is 493 g/mol. The highest BCUT2D eigenvalue weighted by Gasteiger charge is 2.29. The highest BCUT2D eigenvalue weighted by atomic mass is 32.2. The van der Waals surface area contributed by atoms with Gasteiger partial charge in [0.15, 0.2) is 11.0 Å². The molecule has 0 radical (unpaired) electrons. The van der Waals surface area contributed by atoms with Gasteiger partial charge in [-0.05, 0) is 38.8 Å². The van der Waals surface area contributed by atoms with Crippen LogP contribution in [0.4, 0.5) is 0 Å². The minimum Gasteiger partial charge on any atom is -0.379 e. The van der Waals surface area contributed by atoms with Crippen molar-refractivity contribution < 1.29 is 17.9 Å². The SMILES string of the molecule is CCNC(=O)C(C)Sc1nnc(-c2cccc(S(=O)(=O)N3CCOCC3)c2)n1C1CCCC1. The molecule has 0 spiro atoms. The van der Waals surface area contributed by atoms with Crippen molar-refractivity contribution in [1.29, 1.82) is 0 Å². The first kappa shape index (κ1) is 24.2. The number of amides is 1. The number of nitrogens with one attached hydrogen (secondary N) is 1. The molecule has 1 aromatic heterocycles. The molecule has 0 bridgehead atoms. The lowest BCUT2D eigenvalue weighted by Gasteiger charge is -2.26. The third-order valence-corrected chi connectivity index (χ3v) is 9.01. The van der Waals surface area contributed by atoms with Crippen molar-refractivity contribution in [2.75, 3.05) is 32.8 Å². The molecule has 1 atom stereocenters. The van der Waals surface area contributed by atoms with E-state index in [4.69, 9.17) is 4.74 Å². The van der Waals surface area contributed by atoms with Crippen LogP contribution in [0.5, 0.6) is 0 Å². The third-order valence-electron chi connectivity index (χ3n) is 6.06. The van der Waals surface area contributed by atoms with Crippen molar-refractivity contribution in [3.8, 4) is 11.4 Å². The second kappa shape index (κ2) is 10.5. The van der Waals surface area contributed by atoms with Gasteiger partial charge in [0.05, 0.1) is 23.4 Å². The Bertz CT molecular complexity index is 1080. The number of carbonyl (C=O) groups is 1. The Labute approximate surface area is 199 Å². The second-order valence-corrected chi connectivity index (χ2v) is 11.6. The molecule has 2 heterocycles. The topological polar surface area (TPSA) is 106 Å². The number of hydrogen-bond donors (Lipinski definition) is 1. The average Bonchev–Trinajstić information content (AvgIpc) is 3.50. The summed E-state index contributed by atoms with van der Waals surface area (Å²) in [6, 6.07) is 7.16. The minimum atomic E-state index is -3.62. The summed E-state index contributed by atoms with van der Waals surface area (Å²) in [7, 11) is -3.62. The van der Waals surface area contributed by atoms with Crippen LogP contribution in [0.15, 0.2) is 34.3 Å². The maximum Gasteiger partial charge on any atom is 0.243 e. The van der Waals surface area contributed by atoms with Gasteiger partial charge in [0.25, 0.3) is 0 Å². The number of hydrogen-bond acceptors (Lipinski definition) is 7. The maximum atomic E-state index is 13.2. The van der Waals surface area contributed by atoms with Crippen molar-refractivity contribution in [3.05, 3.63) is 24.3 Å². The summed E-state index contributed by atoms with van der Waals surface area (Å²) in [5.41, 5.74) is 0.709. The van der Waals surface area contributed by atoms with Gasteiger partial charge in [-0.2, -0.15) is 4.31 Å². The molecule has 1 amide bonds. The number of thioether (sulfide) groups is 1. The van der Waals surface area contributed by atoms with Gasteiger partial charge in [0.2, 0.25) is 15.9 Å². The Morgan fingerprint density at radius 2 is 1.97 bits per heavy atom. The van der Waals surface area contributed by atoms with Gasteiger partial charge in [-0.1, -0.05) is 36.7 Å². The minimum absolute atomic E-state index is 0.0383. The molecule has 2 fully saturated rings. The Morgan fingerprint density at radius 3 is 2.67 bits per heavy atom. The summed E-state index contributed by atoms with van der Waals surface area (Å²) >= 11 is 1.39. The van der Waals surface area contributed by atoms with Gasteiger partial charge in [0, 0.05) is 31.2 Å². The number of aromatic nitrogens is 3. The molecular weight excluding hydrogens is 462 g/mol. The zero-order valence-corrected chi connectivity index (χ0v) is 20.7. The quantitative estimate of drug-likeness (QED) is 0.564. The van der Waals surface area contributed by atoms with E-state index in [0.717, 1.165) is 25.7 Å². The number of rotatable bonds is 8. The molecule has 1 N–H and O–H groups in total. The van der Waals surface area contributed by atoms with Crippen LogP contribution < -0.4 is 5.32 Å². The van der Waals surface area contributed by atoms with Crippen LogP contribution in [0.1, 0.15) is 45.6 Å². The molecule has 1 saturated heterocycles. The van der Waals surface area contributed by atoms with Crippen molar-refractivity contribution in [2.24, 2.45) is 0 Å². The molecule has 1 saturated carbocycles. The maximum absolute atomic E-state index is 13.2. The lowest BCUT2D eigenvalue weighted by molar-refractivity contribution is -0.120. The number of morpholine rings is 1. The highest BCUT2D eigenvalue weighted by molar-refractivity contribution is 8.00. The third kappa shape index (κ3) is 5.26. The molecule has 180 valence electrons. The average molecular weight is 494 g/mol. The summed E-state index contributed by atoms with van der Waals surface area (Å²) < 4.78 is 35.2. The van der Waals surface area contributed by atoms with Gasteiger partial charge in [-0.3, -0.25) is 9.36 Å². The molecule has 2 aliphatic rings. The molecule has 1 aliphatic carbocycles. The number of nitrogens with zero attached hydrogens (tertiary/aromatic N) is 4. The van der Waals surface area contributed by atoms with Crippen molar-refractivity contribution in [2.45, 2.75) is 60.9 Å². The van der Waals surface area contributed by atoms with Crippen molar-refractivity contribution in [1.82, 2.24) is 24.4 Å². The van der Waals surface area contributed by atoms with Gasteiger partial charge < -0.3 is 10.1 Å². The Kier molecular flexibility index (Phi) is 7.72. The van der Waals surface area contributed by atoms with E-state index in [0.29, 0.717) is 49.4 Å². The smallest absolute Gasteiger partial charge is 0.243 e. The van der Waals surface area contributed by atoms with E-state index in [2.05, 4.69) is 20.1 Å². The molecule has 1 aromatic carbocycles. The lowest BCUT2D eigenvalue weighted by atomic mass is 10.2. The number of benzene rings is 1. The first-order valence-electron chi connectivity index (χ1n) is 11.5. The largest absolute Gasteiger partial charge is 0.379 e. The molecular formula is C22H31N5O4S2. The van der Waals surface area contributed by atoms with Crippen LogP contribution in [-0.4, -0.2) is 71.5 Å². The molecule has 9 nitrogen and oxygen atoms in total. The first-order chi connectivity index (χ1) is 15.9. The van der Waals surface area contributed by atoms with Crippen LogP contribution >= 0.6 is 11.8 Å². The zero-order valence-electron chi connectivity index (χ0n) is 19.1. The predicted molar refractivity (Wildman–Crippen MR) is 127 cm³/mol. The number of carbonyl (C=O) groups excluding carboxylic acids is 1. The van der Waals surface area contributed by atoms with Crippen LogP contribution in [0.25, 0.3) is 11.4 Å². The molecule has 33 heavy (non-hydrogen) atoms. The van der Waals surface area contributed by atoms with Crippen molar-refractivity contribution >= 4 is 27.7 Å². The number of ether oxygens (including phenoxy) is 1. The van der Waals surface area contributed by atoms with Crippen LogP contribution in [0, 0.1) is 0 Å². The predicted octanol–water partition coefficient (Wildman–Crippen LogP) is 2.70. The summed E-state index contributed by atoms with van der Waals surface area (Å²) in [5, 5.41) is 12.1. The zero-order chi connectivity index (χ0) is 23.4. The standard InChI is InChI=1S/C22H31N5O4S2/c1-3-23-21(28)16(2)32-22-25-24-20(27(22)18-8-4-5-9-18)17-7-6-10-19(15-17)33(29,30)26-11-13-31-14-12-26/h6-7,10,15-16,18H,3-5,8-9,11-14H2,1-2H3,(H,23,28). The first-order valence-corrected chi connectivity index (χ1v) is 13.8. The van der Waals surface area contributed by atoms with Gasteiger partial charge in [-0.25, -0.2) is 8.42 Å². The lowest BCUT2D eigenvalue weighted by Crippen LogP contribution is -2.40. The van der Waals surface area contributed by atoms with E-state index in [-0.39, 0.29) is 22.1 Å². The van der Waals surface area contributed by atoms with E-state index in [1.165, 1.54) is 16.1 Å². The second-order valence-electron chi connectivity index (χ2n) is 8.31. The molecule has 4 rings (SSSR count). The fourth-order valence-electron chi connectivity index (χ4n) is 4.31. The Balaban J connectivity index is 1.68. The highest BCUT2D eigenvalue weighted by Crippen LogP contribution is 2.38. The van der Waals surface area contributed by atoms with E-state index >= 15 is 0 Å².